The van der Waals surface area contributed by atoms with E-state index in [1.54, 1.807) is 35.9 Å². The second-order valence-corrected chi connectivity index (χ2v) is 7.06. The Labute approximate surface area is 162 Å². The maximum absolute atomic E-state index is 12.3. The molecule has 0 aliphatic rings. The highest BCUT2D eigenvalue weighted by atomic mass is 32.2. The third-order valence-corrected chi connectivity index (χ3v) is 4.40. The molecule has 0 atom stereocenters. The van der Waals surface area contributed by atoms with Gasteiger partial charge in [0.15, 0.2) is 5.11 Å². The van der Waals surface area contributed by atoms with Crippen molar-refractivity contribution >= 4 is 35.0 Å². The van der Waals surface area contributed by atoms with Crippen LogP contribution in [0.15, 0.2) is 29.4 Å². The molecule has 2 rings (SSSR count). The number of carbonyl (C=O) groups is 1. The van der Waals surface area contributed by atoms with Gasteiger partial charge in [-0.1, -0.05) is 32.0 Å². The van der Waals surface area contributed by atoms with Crippen LogP contribution in [0, 0.1) is 6.92 Å². The summed E-state index contributed by atoms with van der Waals surface area (Å²) in [5, 5.41) is 11.6. The molecular weight excluding hydrogens is 370 g/mol. The topological polar surface area (TPSA) is 81.1 Å². The number of amides is 1. The first-order valence-electron chi connectivity index (χ1n) is 8.45. The van der Waals surface area contributed by atoms with Gasteiger partial charge < -0.3 is 4.74 Å². The molecule has 0 bridgehead atoms. The zero-order valence-corrected chi connectivity index (χ0v) is 16.7. The van der Waals surface area contributed by atoms with Crippen molar-refractivity contribution in [2.24, 2.45) is 0 Å². The second-order valence-electron chi connectivity index (χ2n) is 5.42. The molecule has 0 spiro atoms. The van der Waals surface area contributed by atoms with Crippen LogP contribution in [0.3, 0.4) is 0 Å². The third-order valence-electron chi connectivity index (χ3n) is 3.39. The molecule has 0 unspecified atom stereocenters. The van der Waals surface area contributed by atoms with Gasteiger partial charge in [0, 0.05) is 5.56 Å². The number of thiocarbonyl (C=S) groups is 1. The van der Waals surface area contributed by atoms with Crippen LogP contribution in [0.25, 0.3) is 0 Å². The average molecular weight is 394 g/mol. The van der Waals surface area contributed by atoms with Crippen molar-refractivity contribution in [1.82, 2.24) is 20.2 Å². The lowest BCUT2D eigenvalue weighted by Crippen LogP contribution is -2.38. The van der Waals surface area contributed by atoms with Crippen molar-refractivity contribution < 1.29 is 9.53 Å². The fourth-order valence-corrected chi connectivity index (χ4v) is 2.88. The van der Waals surface area contributed by atoms with E-state index in [4.69, 9.17) is 17.0 Å². The highest BCUT2D eigenvalue weighted by Crippen LogP contribution is 2.15. The Morgan fingerprint density at radius 2 is 2.00 bits per heavy atom. The number of nitrogens with one attached hydrogen (secondary N) is 2. The highest BCUT2D eigenvalue weighted by molar-refractivity contribution is 7.99. The predicted octanol–water partition coefficient (Wildman–Crippen LogP) is 3.14. The second kappa shape index (κ2) is 10.1. The van der Waals surface area contributed by atoms with Crippen LogP contribution in [0.2, 0.25) is 0 Å². The molecule has 26 heavy (non-hydrogen) atoms. The molecule has 9 heteroatoms. The summed E-state index contributed by atoms with van der Waals surface area (Å²) in [6, 6.07) is 6.98. The zero-order chi connectivity index (χ0) is 18.9. The number of aromatic nitrogens is 3. The van der Waals surface area contributed by atoms with Crippen molar-refractivity contribution in [3.63, 3.8) is 0 Å². The number of rotatable bonds is 8. The van der Waals surface area contributed by atoms with Gasteiger partial charge in [-0.25, -0.2) is 4.68 Å². The largest absolute Gasteiger partial charge is 0.494 e. The number of hydrogen-bond donors (Lipinski definition) is 2. The number of hydrogen-bond acceptors (Lipinski definition) is 6. The fourth-order valence-electron chi connectivity index (χ4n) is 2.04. The van der Waals surface area contributed by atoms with Gasteiger partial charge in [-0.15, -0.1) is 10.2 Å². The van der Waals surface area contributed by atoms with Gasteiger partial charge in [0.2, 0.25) is 5.16 Å². The van der Waals surface area contributed by atoms with Gasteiger partial charge in [0.25, 0.3) is 5.91 Å². The standard InChI is InChI=1S/C17H23N5O2S2/c1-4-6-11-24-14-9-7-13(8-10-14)15(23)18-16(25)21-22-12(3)19-20-17(22)26-5-2/h7-10H,4-6,11H2,1-3H3,(H2,18,21,23,25). The first-order valence-corrected chi connectivity index (χ1v) is 9.84. The molecule has 0 saturated carbocycles. The quantitative estimate of drug-likeness (QED) is 0.405. The Bertz CT molecular complexity index is 746. The summed E-state index contributed by atoms with van der Waals surface area (Å²) in [5.74, 6) is 1.97. The van der Waals surface area contributed by atoms with Crippen LogP contribution in [0.5, 0.6) is 5.75 Å². The van der Waals surface area contributed by atoms with Gasteiger partial charge >= 0.3 is 0 Å². The molecule has 1 amide bonds. The Kier molecular flexibility index (Phi) is 7.86. The minimum atomic E-state index is -0.293. The number of unbranched alkanes of at least 4 members (excludes halogenated alkanes) is 1. The van der Waals surface area contributed by atoms with E-state index in [2.05, 4.69) is 27.9 Å². The first-order chi connectivity index (χ1) is 12.5. The number of ether oxygens (including phenoxy) is 1. The van der Waals surface area contributed by atoms with E-state index >= 15 is 0 Å². The van der Waals surface area contributed by atoms with Gasteiger partial charge in [-0.2, -0.15) is 0 Å². The van der Waals surface area contributed by atoms with Crippen molar-refractivity contribution in [3.05, 3.63) is 35.7 Å². The Hall–Kier alpha value is -2.13. The number of thioether (sulfide) groups is 1. The molecule has 1 aromatic carbocycles. The highest BCUT2D eigenvalue weighted by Gasteiger charge is 2.12. The molecule has 0 radical (unpaired) electrons. The summed E-state index contributed by atoms with van der Waals surface area (Å²) in [6.45, 7) is 6.61. The summed E-state index contributed by atoms with van der Waals surface area (Å²) in [6.07, 6.45) is 2.08. The average Bonchev–Trinajstić information content (AvgIpc) is 2.96. The molecule has 7 nitrogen and oxygen atoms in total. The van der Waals surface area contributed by atoms with Crippen molar-refractivity contribution in [3.8, 4) is 5.75 Å². The lowest BCUT2D eigenvalue weighted by Gasteiger charge is -2.13. The monoisotopic (exact) mass is 393 g/mol. The predicted molar refractivity (Wildman–Crippen MR) is 107 cm³/mol. The molecular formula is C17H23N5O2S2. The third kappa shape index (κ3) is 5.70. The number of carbonyl (C=O) groups excluding carboxylic acids is 1. The van der Waals surface area contributed by atoms with E-state index in [9.17, 15) is 4.79 Å². The Morgan fingerprint density at radius 3 is 2.65 bits per heavy atom. The smallest absolute Gasteiger partial charge is 0.257 e. The minimum absolute atomic E-state index is 0.180. The van der Waals surface area contributed by atoms with Crippen LogP contribution < -0.4 is 15.5 Å². The fraction of sp³-hybridized carbons (Fsp3) is 0.412. The number of nitrogens with zero attached hydrogens (tertiary/aromatic N) is 3. The Balaban J connectivity index is 1.92. The zero-order valence-electron chi connectivity index (χ0n) is 15.1. The molecule has 0 aliphatic heterocycles. The van der Waals surface area contributed by atoms with E-state index in [1.165, 1.54) is 11.8 Å². The summed E-state index contributed by atoms with van der Waals surface area (Å²) in [5.41, 5.74) is 3.44. The van der Waals surface area contributed by atoms with Gasteiger partial charge in [0.05, 0.1) is 6.61 Å². The van der Waals surface area contributed by atoms with E-state index in [-0.39, 0.29) is 11.0 Å². The molecule has 0 aliphatic carbocycles. The van der Waals surface area contributed by atoms with Crippen LogP contribution >= 0.6 is 24.0 Å². The summed E-state index contributed by atoms with van der Waals surface area (Å²) in [4.78, 5) is 12.3. The molecule has 2 N–H and O–H groups in total. The van der Waals surface area contributed by atoms with E-state index in [0.29, 0.717) is 23.2 Å². The minimum Gasteiger partial charge on any atom is -0.494 e. The maximum Gasteiger partial charge on any atom is 0.257 e. The van der Waals surface area contributed by atoms with Crippen LogP contribution in [-0.2, 0) is 0 Å². The molecule has 1 aromatic heterocycles. The van der Waals surface area contributed by atoms with Crippen LogP contribution in [0.1, 0.15) is 42.9 Å². The van der Waals surface area contributed by atoms with Crippen molar-refractivity contribution in [1.29, 1.82) is 0 Å². The van der Waals surface area contributed by atoms with Crippen molar-refractivity contribution in [2.75, 3.05) is 17.8 Å². The van der Waals surface area contributed by atoms with Gasteiger partial charge in [-0.3, -0.25) is 15.5 Å². The van der Waals surface area contributed by atoms with Crippen LogP contribution in [0.4, 0.5) is 0 Å². The summed E-state index contributed by atoms with van der Waals surface area (Å²) < 4.78 is 7.25. The SMILES string of the molecule is CCCCOc1ccc(C(=O)NC(=S)Nn2c(C)nnc2SCC)cc1. The van der Waals surface area contributed by atoms with E-state index in [0.717, 1.165) is 24.3 Å². The van der Waals surface area contributed by atoms with Crippen LogP contribution in [-0.4, -0.2) is 38.3 Å². The Morgan fingerprint density at radius 1 is 1.27 bits per heavy atom. The lowest BCUT2D eigenvalue weighted by atomic mass is 10.2. The lowest BCUT2D eigenvalue weighted by molar-refractivity contribution is 0.0977. The molecule has 0 saturated heterocycles. The van der Waals surface area contributed by atoms with Gasteiger partial charge in [0.1, 0.15) is 11.6 Å². The number of aryl methyl sites for hydroxylation is 1. The van der Waals surface area contributed by atoms with E-state index in [1.807, 2.05) is 6.92 Å². The molecule has 1 heterocycles. The normalized spacial score (nSPS) is 10.4. The first kappa shape index (κ1) is 20.2. The summed E-state index contributed by atoms with van der Waals surface area (Å²) in [7, 11) is 0. The molecule has 140 valence electrons. The molecule has 2 aromatic rings. The summed E-state index contributed by atoms with van der Waals surface area (Å²) >= 11 is 6.75. The maximum atomic E-state index is 12.3. The van der Waals surface area contributed by atoms with Crippen molar-refractivity contribution in [2.45, 2.75) is 38.8 Å². The number of benzene rings is 1. The van der Waals surface area contributed by atoms with E-state index < -0.39 is 0 Å². The molecule has 0 fully saturated rings. The van der Waals surface area contributed by atoms with Gasteiger partial charge in [-0.05, 0) is 55.6 Å².